The maximum atomic E-state index is 9.48. The van der Waals surface area contributed by atoms with Crippen molar-refractivity contribution in [2.75, 3.05) is 31.2 Å². The molecule has 0 radical (unpaired) electrons. The number of phenols is 1. The van der Waals surface area contributed by atoms with E-state index in [0.29, 0.717) is 0 Å². The highest BCUT2D eigenvalue weighted by atomic mass is 127. The van der Waals surface area contributed by atoms with Crippen LogP contribution in [0.25, 0.3) is 5.65 Å². The maximum absolute atomic E-state index is 9.48. The van der Waals surface area contributed by atoms with Crippen molar-refractivity contribution in [2.45, 2.75) is 13.3 Å². The molecule has 0 aliphatic carbocycles. The number of nitrogens with zero attached hydrogens (tertiary/aromatic N) is 4. The Hall–Kier alpha value is -1.87. The van der Waals surface area contributed by atoms with Crippen LogP contribution in [0, 0.1) is 10.6 Å². The zero-order valence-corrected chi connectivity index (χ0v) is 16.1. The van der Waals surface area contributed by atoms with E-state index in [1.165, 1.54) is 0 Å². The number of rotatable bonds is 3. The van der Waals surface area contributed by atoms with Gasteiger partial charge < -0.3 is 14.7 Å². The van der Waals surface area contributed by atoms with Gasteiger partial charge in [0.25, 0.3) is 0 Å². The molecule has 0 spiro atoms. The van der Waals surface area contributed by atoms with Gasteiger partial charge in [-0.25, -0.2) is 4.98 Å². The van der Waals surface area contributed by atoms with Crippen LogP contribution < -0.4 is 4.90 Å². The number of phenolic OH excluding ortho intramolecular Hbond substituents is 1. The summed E-state index contributed by atoms with van der Waals surface area (Å²) in [7, 11) is 0. The molecule has 6 nitrogen and oxygen atoms in total. The third-order valence-corrected chi connectivity index (χ3v) is 5.04. The summed E-state index contributed by atoms with van der Waals surface area (Å²) in [5.41, 5.74) is 4.14. The van der Waals surface area contributed by atoms with Gasteiger partial charge in [0.15, 0.2) is 5.65 Å². The number of anilines is 1. The van der Waals surface area contributed by atoms with Crippen LogP contribution in [0.15, 0.2) is 30.3 Å². The molecule has 3 heterocycles. The monoisotopic (exact) mass is 450 g/mol. The van der Waals surface area contributed by atoms with E-state index in [0.717, 1.165) is 64.7 Å². The molecule has 0 amide bonds. The average Bonchev–Trinajstić information content (AvgIpc) is 2.93. The van der Waals surface area contributed by atoms with Crippen LogP contribution in [-0.4, -0.2) is 46.0 Å². The summed E-state index contributed by atoms with van der Waals surface area (Å²) >= 11 is 2.27. The minimum atomic E-state index is 0.280. The minimum absolute atomic E-state index is 0.280. The fourth-order valence-electron chi connectivity index (χ4n) is 3.17. The van der Waals surface area contributed by atoms with Crippen LogP contribution in [0.1, 0.15) is 16.8 Å². The van der Waals surface area contributed by atoms with Crippen LogP contribution in [-0.2, 0) is 11.2 Å². The molecule has 7 heteroatoms. The van der Waals surface area contributed by atoms with Crippen LogP contribution in [0.3, 0.4) is 0 Å². The van der Waals surface area contributed by atoms with Gasteiger partial charge in [0.2, 0.25) is 0 Å². The fraction of sp³-hybridized carbons (Fsp3) is 0.333. The fourth-order valence-corrected chi connectivity index (χ4v) is 3.67. The van der Waals surface area contributed by atoms with Gasteiger partial charge in [-0.3, -0.25) is 0 Å². The van der Waals surface area contributed by atoms with Crippen molar-refractivity contribution in [3.63, 3.8) is 0 Å². The average molecular weight is 450 g/mol. The molecule has 4 rings (SSSR count). The van der Waals surface area contributed by atoms with Crippen molar-refractivity contribution in [3.8, 4) is 5.75 Å². The van der Waals surface area contributed by atoms with Crippen molar-refractivity contribution in [3.05, 3.63) is 50.9 Å². The molecule has 1 aromatic carbocycles. The largest absolute Gasteiger partial charge is 0.508 e. The van der Waals surface area contributed by atoms with Crippen LogP contribution in [0.2, 0.25) is 0 Å². The Labute approximate surface area is 159 Å². The second-order valence-corrected chi connectivity index (χ2v) is 7.28. The quantitative estimate of drug-likeness (QED) is 0.492. The molecule has 25 heavy (non-hydrogen) atoms. The van der Waals surface area contributed by atoms with E-state index < -0.39 is 0 Å². The summed E-state index contributed by atoms with van der Waals surface area (Å²) in [5, 5.41) is 14.2. The molecule has 0 saturated carbocycles. The predicted molar refractivity (Wildman–Crippen MR) is 104 cm³/mol. The number of fused-ring (bicyclic) bond motifs is 1. The van der Waals surface area contributed by atoms with Gasteiger partial charge in [-0.1, -0.05) is 12.1 Å². The van der Waals surface area contributed by atoms with Gasteiger partial charge in [0.05, 0.1) is 18.9 Å². The number of morpholine rings is 1. The molecule has 3 aromatic rings. The maximum Gasteiger partial charge on any atom is 0.162 e. The van der Waals surface area contributed by atoms with Crippen molar-refractivity contribution >= 4 is 34.1 Å². The number of aromatic hydroxyl groups is 1. The summed E-state index contributed by atoms with van der Waals surface area (Å²) < 4.78 is 8.39. The van der Waals surface area contributed by atoms with Gasteiger partial charge in [-0.15, -0.1) is 0 Å². The smallest absolute Gasteiger partial charge is 0.162 e. The molecule has 1 fully saturated rings. The molecule has 1 N–H and O–H groups in total. The van der Waals surface area contributed by atoms with Crippen molar-refractivity contribution < 1.29 is 9.84 Å². The number of benzene rings is 1. The summed E-state index contributed by atoms with van der Waals surface area (Å²) in [6.45, 7) is 5.23. The third-order valence-electron chi connectivity index (χ3n) is 4.49. The molecule has 0 bridgehead atoms. The molecule has 0 unspecified atom stereocenters. The first-order chi connectivity index (χ1) is 12.1. The van der Waals surface area contributed by atoms with E-state index in [4.69, 9.17) is 14.8 Å². The standard InChI is InChI=1S/C18H19IN4O2/c1-12-15(10-13-2-4-14(24)5-3-13)18-20-16(19)11-17(23(18)21-12)22-6-8-25-9-7-22/h2-5,11,24H,6-10H2,1H3. The van der Waals surface area contributed by atoms with E-state index in [9.17, 15) is 5.11 Å². The molecule has 2 aromatic heterocycles. The highest BCUT2D eigenvalue weighted by molar-refractivity contribution is 14.1. The Morgan fingerprint density at radius 2 is 1.92 bits per heavy atom. The normalized spacial score (nSPS) is 15.0. The van der Waals surface area contributed by atoms with Gasteiger partial charge in [0.1, 0.15) is 15.3 Å². The zero-order chi connectivity index (χ0) is 17.4. The van der Waals surface area contributed by atoms with Gasteiger partial charge in [-0.2, -0.15) is 9.61 Å². The SMILES string of the molecule is Cc1nn2c(N3CCOCC3)cc(I)nc2c1Cc1ccc(O)cc1. The van der Waals surface area contributed by atoms with E-state index >= 15 is 0 Å². The molecule has 130 valence electrons. The number of halogens is 1. The minimum Gasteiger partial charge on any atom is -0.508 e. The molecule has 1 aliphatic rings. The lowest BCUT2D eigenvalue weighted by Crippen LogP contribution is -2.37. The Morgan fingerprint density at radius 1 is 1.20 bits per heavy atom. The van der Waals surface area contributed by atoms with Gasteiger partial charge >= 0.3 is 0 Å². The summed E-state index contributed by atoms with van der Waals surface area (Å²) in [4.78, 5) is 7.05. The summed E-state index contributed by atoms with van der Waals surface area (Å²) in [6, 6.07) is 9.39. The van der Waals surface area contributed by atoms with Crippen LogP contribution >= 0.6 is 22.6 Å². The van der Waals surface area contributed by atoms with E-state index in [2.05, 4.69) is 33.6 Å². The number of aromatic nitrogens is 3. The Morgan fingerprint density at radius 3 is 2.64 bits per heavy atom. The van der Waals surface area contributed by atoms with Crippen LogP contribution in [0.4, 0.5) is 5.82 Å². The molecular weight excluding hydrogens is 431 g/mol. The second kappa shape index (κ2) is 6.80. The number of hydrogen-bond donors (Lipinski definition) is 1. The predicted octanol–water partition coefficient (Wildman–Crippen LogP) is 2.78. The Bertz CT molecular complexity index is 902. The lowest BCUT2D eigenvalue weighted by molar-refractivity contribution is 0.122. The van der Waals surface area contributed by atoms with Gasteiger partial charge in [-0.05, 0) is 47.2 Å². The van der Waals surface area contributed by atoms with Crippen molar-refractivity contribution in [1.29, 1.82) is 0 Å². The molecule has 0 atom stereocenters. The molecule has 1 saturated heterocycles. The Balaban J connectivity index is 1.78. The van der Waals surface area contributed by atoms with E-state index in [1.54, 1.807) is 12.1 Å². The van der Waals surface area contributed by atoms with Crippen molar-refractivity contribution in [2.24, 2.45) is 0 Å². The first-order valence-electron chi connectivity index (χ1n) is 8.27. The second-order valence-electron chi connectivity index (χ2n) is 6.18. The molecule has 1 aliphatic heterocycles. The number of hydrogen-bond acceptors (Lipinski definition) is 5. The summed E-state index contributed by atoms with van der Waals surface area (Å²) in [6.07, 6.45) is 0.741. The van der Waals surface area contributed by atoms with Gasteiger partial charge in [0, 0.05) is 31.1 Å². The zero-order valence-electron chi connectivity index (χ0n) is 13.9. The highest BCUT2D eigenvalue weighted by Gasteiger charge is 2.20. The number of aryl methyl sites for hydroxylation is 1. The highest BCUT2D eigenvalue weighted by Crippen LogP contribution is 2.25. The van der Waals surface area contributed by atoms with Crippen molar-refractivity contribution in [1.82, 2.24) is 14.6 Å². The lowest BCUT2D eigenvalue weighted by atomic mass is 10.1. The lowest BCUT2D eigenvalue weighted by Gasteiger charge is -2.28. The first-order valence-corrected chi connectivity index (χ1v) is 9.35. The Kier molecular flexibility index (Phi) is 4.51. The summed E-state index contributed by atoms with van der Waals surface area (Å²) in [5.74, 6) is 1.35. The number of ether oxygens (including phenoxy) is 1. The third kappa shape index (κ3) is 3.30. The van der Waals surface area contributed by atoms with Crippen LogP contribution in [0.5, 0.6) is 5.75 Å². The van der Waals surface area contributed by atoms with E-state index in [1.807, 2.05) is 23.6 Å². The topological polar surface area (TPSA) is 62.9 Å². The van der Waals surface area contributed by atoms with E-state index in [-0.39, 0.29) is 5.75 Å². The first kappa shape index (κ1) is 16.6. The molecular formula is C18H19IN4O2.